The summed E-state index contributed by atoms with van der Waals surface area (Å²) >= 11 is 0. The molecule has 0 aliphatic carbocycles. The van der Waals surface area contributed by atoms with E-state index in [1.165, 1.54) is 0 Å². The van der Waals surface area contributed by atoms with Crippen LogP contribution in [0.25, 0.3) is 0 Å². The van der Waals surface area contributed by atoms with Gasteiger partial charge in [0.2, 0.25) is 0 Å². The predicted molar refractivity (Wildman–Crippen MR) is 40.5 cm³/mol. The largest absolute Gasteiger partial charge is 0.411 e. The van der Waals surface area contributed by atoms with Crippen LogP contribution in [0.3, 0.4) is 0 Å². The van der Waals surface area contributed by atoms with E-state index in [0.29, 0.717) is 5.92 Å². The van der Waals surface area contributed by atoms with Crippen molar-refractivity contribution in [2.75, 3.05) is 20.1 Å². The lowest BCUT2D eigenvalue weighted by atomic mass is 9.98. The first-order chi connectivity index (χ1) is 4.74. The fourth-order valence-electron chi connectivity index (χ4n) is 1.36. The van der Waals surface area contributed by atoms with E-state index in [1.54, 1.807) is 0 Å². The maximum Gasteiger partial charge on any atom is 0.0624 e. The maximum atomic E-state index is 8.52. The Hall–Kier alpha value is -0.570. The molecule has 0 saturated carbocycles. The summed E-state index contributed by atoms with van der Waals surface area (Å²) in [6, 6.07) is 0. The zero-order valence-corrected chi connectivity index (χ0v) is 6.54. The van der Waals surface area contributed by atoms with Crippen molar-refractivity contribution in [2.24, 2.45) is 11.1 Å². The molecule has 1 rings (SSSR count). The topological polar surface area (TPSA) is 35.8 Å². The molecule has 0 aromatic carbocycles. The SMILES string of the molecule is CC1CN(C)CC/C1=N/O. The smallest absolute Gasteiger partial charge is 0.0624 e. The van der Waals surface area contributed by atoms with Crippen LogP contribution in [0.15, 0.2) is 5.16 Å². The van der Waals surface area contributed by atoms with E-state index in [0.717, 1.165) is 25.2 Å². The van der Waals surface area contributed by atoms with Gasteiger partial charge in [-0.1, -0.05) is 12.1 Å². The van der Waals surface area contributed by atoms with Crippen LogP contribution in [0.2, 0.25) is 0 Å². The van der Waals surface area contributed by atoms with Gasteiger partial charge in [0.15, 0.2) is 0 Å². The van der Waals surface area contributed by atoms with Crippen molar-refractivity contribution in [1.29, 1.82) is 0 Å². The molecule has 0 aromatic rings. The van der Waals surface area contributed by atoms with Crippen molar-refractivity contribution < 1.29 is 5.21 Å². The molecule has 1 aliphatic heterocycles. The van der Waals surface area contributed by atoms with Crippen LogP contribution in [-0.2, 0) is 0 Å². The predicted octanol–water partition coefficient (Wildman–Crippen LogP) is 0.788. The number of hydrogen-bond acceptors (Lipinski definition) is 3. The summed E-state index contributed by atoms with van der Waals surface area (Å²) in [5, 5.41) is 11.8. The summed E-state index contributed by atoms with van der Waals surface area (Å²) in [6.45, 7) is 4.12. The van der Waals surface area contributed by atoms with E-state index in [2.05, 4.69) is 24.0 Å². The highest BCUT2D eigenvalue weighted by Gasteiger charge is 2.19. The Bertz CT molecular complexity index is 145. The number of rotatable bonds is 0. The normalized spacial score (nSPS) is 33.0. The molecule has 0 bridgehead atoms. The van der Waals surface area contributed by atoms with Gasteiger partial charge in [0.25, 0.3) is 0 Å². The quantitative estimate of drug-likeness (QED) is 0.401. The van der Waals surface area contributed by atoms with Crippen molar-refractivity contribution in [3.8, 4) is 0 Å². The van der Waals surface area contributed by atoms with Crippen LogP contribution in [-0.4, -0.2) is 36.0 Å². The molecule has 1 heterocycles. The van der Waals surface area contributed by atoms with Gasteiger partial charge in [-0.3, -0.25) is 0 Å². The summed E-state index contributed by atoms with van der Waals surface area (Å²) in [4.78, 5) is 2.25. The molecule has 58 valence electrons. The van der Waals surface area contributed by atoms with E-state index >= 15 is 0 Å². The zero-order chi connectivity index (χ0) is 7.56. The molecular formula is C7H14N2O. The van der Waals surface area contributed by atoms with E-state index < -0.39 is 0 Å². The van der Waals surface area contributed by atoms with Crippen LogP contribution < -0.4 is 0 Å². The summed E-state index contributed by atoms with van der Waals surface area (Å²) in [5.74, 6) is 0.420. The molecule has 1 atom stereocenters. The van der Waals surface area contributed by atoms with E-state index in [-0.39, 0.29) is 0 Å². The van der Waals surface area contributed by atoms with Gasteiger partial charge >= 0.3 is 0 Å². The standard InChI is InChI=1S/C7H14N2O/c1-6-5-9(2)4-3-7(6)8-10/h6,10H,3-5H2,1-2H3/b8-7-. The molecule has 1 N–H and O–H groups in total. The lowest BCUT2D eigenvalue weighted by Crippen LogP contribution is -2.36. The van der Waals surface area contributed by atoms with Crippen LogP contribution in [0.1, 0.15) is 13.3 Å². The van der Waals surface area contributed by atoms with Gasteiger partial charge in [-0.2, -0.15) is 0 Å². The lowest BCUT2D eigenvalue weighted by molar-refractivity contribution is 0.274. The fourth-order valence-corrected chi connectivity index (χ4v) is 1.36. The Morgan fingerprint density at radius 2 is 2.40 bits per heavy atom. The first-order valence-corrected chi connectivity index (χ1v) is 3.63. The fraction of sp³-hybridized carbons (Fsp3) is 0.857. The molecule has 1 fully saturated rings. The van der Waals surface area contributed by atoms with E-state index in [4.69, 9.17) is 5.21 Å². The van der Waals surface area contributed by atoms with Gasteiger partial charge < -0.3 is 10.1 Å². The average molecular weight is 142 g/mol. The van der Waals surface area contributed by atoms with Crippen molar-refractivity contribution in [2.45, 2.75) is 13.3 Å². The summed E-state index contributed by atoms with van der Waals surface area (Å²) in [6.07, 6.45) is 0.911. The maximum absolute atomic E-state index is 8.52. The minimum Gasteiger partial charge on any atom is -0.411 e. The minimum atomic E-state index is 0.420. The second-order valence-electron chi connectivity index (χ2n) is 3.00. The molecule has 10 heavy (non-hydrogen) atoms. The van der Waals surface area contributed by atoms with Crippen LogP contribution in [0.5, 0.6) is 0 Å². The average Bonchev–Trinajstić information content (AvgIpc) is 1.88. The Labute approximate surface area is 61.3 Å². The van der Waals surface area contributed by atoms with Gasteiger partial charge in [-0.15, -0.1) is 0 Å². The van der Waals surface area contributed by atoms with Crippen molar-refractivity contribution in [3.63, 3.8) is 0 Å². The van der Waals surface area contributed by atoms with Gasteiger partial charge in [0.05, 0.1) is 5.71 Å². The van der Waals surface area contributed by atoms with Crippen molar-refractivity contribution >= 4 is 5.71 Å². The Morgan fingerprint density at radius 1 is 1.70 bits per heavy atom. The number of likely N-dealkylation sites (tertiary alicyclic amines) is 1. The van der Waals surface area contributed by atoms with Gasteiger partial charge in [-0.05, 0) is 7.05 Å². The number of piperidine rings is 1. The second-order valence-corrected chi connectivity index (χ2v) is 3.00. The van der Waals surface area contributed by atoms with Crippen LogP contribution >= 0.6 is 0 Å². The first-order valence-electron chi connectivity index (χ1n) is 3.63. The Morgan fingerprint density at radius 3 is 2.90 bits per heavy atom. The summed E-state index contributed by atoms with van der Waals surface area (Å²) < 4.78 is 0. The first kappa shape index (κ1) is 7.54. The molecule has 0 amide bonds. The van der Waals surface area contributed by atoms with Gasteiger partial charge in [0, 0.05) is 25.4 Å². The van der Waals surface area contributed by atoms with Gasteiger partial charge in [-0.25, -0.2) is 0 Å². The van der Waals surface area contributed by atoms with E-state index in [1.807, 2.05) is 0 Å². The third kappa shape index (κ3) is 1.48. The Kier molecular flexibility index (Phi) is 2.27. The highest BCUT2D eigenvalue weighted by molar-refractivity contribution is 5.86. The highest BCUT2D eigenvalue weighted by atomic mass is 16.4. The minimum absolute atomic E-state index is 0.420. The molecule has 0 aromatic heterocycles. The highest BCUT2D eigenvalue weighted by Crippen LogP contribution is 2.11. The van der Waals surface area contributed by atoms with Crippen LogP contribution in [0.4, 0.5) is 0 Å². The molecule has 1 aliphatic rings. The number of hydrogen-bond donors (Lipinski definition) is 1. The third-order valence-corrected chi connectivity index (χ3v) is 2.03. The summed E-state index contributed by atoms with van der Waals surface area (Å²) in [7, 11) is 2.09. The van der Waals surface area contributed by atoms with Crippen molar-refractivity contribution in [1.82, 2.24) is 4.90 Å². The van der Waals surface area contributed by atoms with Gasteiger partial charge in [0.1, 0.15) is 0 Å². The van der Waals surface area contributed by atoms with E-state index in [9.17, 15) is 0 Å². The van der Waals surface area contributed by atoms with Crippen molar-refractivity contribution in [3.05, 3.63) is 0 Å². The summed E-state index contributed by atoms with van der Waals surface area (Å²) in [5.41, 5.74) is 0.943. The molecule has 3 heteroatoms. The molecule has 0 radical (unpaired) electrons. The second kappa shape index (κ2) is 3.01. The number of oxime groups is 1. The molecular weight excluding hydrogens is 128 g/mol. The molecule has 3 nitrogen and oxygen atoms in total. The monoisotopic (exact) mass is 142 g/mol. The Balaban J connectivity index is 2.52. The molecule has 1 unspecified atom stereocenters. The van der Waals surface area contributed by atoms with Crippen LogP contribution in [0, 0.1) is 5.92 Å². The number of nitrogens with zero attached hydrogens (tertiary/aromatic N) is 2. The lowest BCUT2D eigenvalue weighted by Gasteiger charge is -2.27. The zero-order valence-electron chi connectivity index (χ0n) is 6.54. The molecule has 0 spiro atoms. The molecule has 1 saturated heterocycles. The third-order valence-electron chi connectivity index (χ3n) is 2.03.